The standard InChI is InChI=1S/C27H22F4N2O5S/c1-16-21-6-4-3-5-19(21)14-32-24(16)33(39(37,38)20-10-8-18(9-11-20)25(34)35)15-17-7-12-22(23(28)13-17)26(2,36)27(29,30)31/h3-14,36H,15H2,1-2H3,(H,34,35). The summed E-state index contributed by atoms with van der Waals surface area (Å²) < 4.78 is 83.2. The number of hydrogen-bond acceptors (Lipinski definition) is 5. The first-order valence-corrected chi connectivity index (χ1v) is 12.9. The number of aromatic carboxylic acids is 1. The van der Waals surface area contributed by atoms with Crippen molar-refractivity contribution in [1.82, 2.24) is 4.98 Å². The summed E-state index contributed by atoms with van der Waals surface area (Å²) in [5.41, 5.74) is -4.18. The Morgan fingerprint density at radius 3 is 2.26 bits per heavy atom. The van der Waals surface area contributed by atoms with Crippen LogP contribution in [0.15, 0.2) is 77.8 Å². The van der Waals surface area contributed by atoms with E-state index in [0.717, 1.165) is 52.2 Å². The van der Waals surface area contributed by atoms with Crippen molar-refractivity contribution >= 4 is 32.6 Å². The summed E-state index contributed by atoms with van der Waals surface area (Å²) in [6.45, 7) is 1.54. The SMILES string of the molecule is Cc1c(N(Cc2ccc(C(C)(O)C(F)(F)F)c(F)c2)S(=O)(=O)c2ccc(C(=O)O)cc2)ncc2ccccc12. The molecular formula is C27H22F4N2O5S. The maximum atomic E-state index is 14.9. The van der Waals surface area contributed by atoms with Crippen LogP contribution in [0.3, 0.4) is 0 Å². The number of benzene rings is 3. The third-order valence-electron chi connectivity index (χ3n) is 6.39. The molecule has 204 valence electrons. The molecule has 39 heavy (non-hydrogen) atoms. The average molecular weight is 563 g/mol. The highest BCUT2D eigenvalue weighted by Crippen LogP contribution is 2.40. The number of carbonyl (C=O) groups is 1. The molecular weight excluding hydrogens is 540 g/mol. The number of aryl methyl sites for hydroxylation is 1. The Kier molecular flexibility index (Phi) is 7.13. The van der Waals surface area contributed by atoms with Gasteiger partial charge in [-0.1, -0.05) is 36.4 Å². The van der Waals surface area contributed by atoms with E-state index in [2.05, 4.69) is 4.98 Å². The number of carboxylic acids is 1. The van der Waals surface area contributed by atoms with Crippen molar-refractivity contribution in [3.8, 4) is 0 Å². The van der Waals surface area contributed by atoms with Crippen LogP contribution in [0, 0.1) is 12.7 Å². The molecule has 0 amide bonds. The molecule has 0 aliphatic carbocycles. The number of hydrogen-bond donors (Lipinski definition) is 2. The van der Waals surface area contributed by atoms with Gasteiger partial charge in [-0.2, -0.15) is 13.2 Å². The number of rotatable bonds is 7. The van der Waals surface area contributed by atoms with Gasteiger partial charge in [-0.05, 0) is 55.1 Å². The lowest BCUT2D eigenvalue weighted by Crippen LogP contribution is -2.40. The fourth-order valence-corrected chi connectivity index (χ4v) is 5.56. The highest BCUT2D eigenvalue weighted by atomic mass is 32.2. The summed E-state index contributed by atoms with van der Waals surface area (Å²) in [7, 11) is -4.43. The van der Waals surface area contributed by atoms with Gasteiger partial charge in [-0.3, -0.25) is 0 Å². The normalized spacial score (nSPS) is 13.7. The molecule has 0 aliphatic heterocycles. The number of carboxylic acid groups (broad SMARTS) is 1. The van der Waals surface area contributed by atoms with Crippen LogP contribution in [0.2, 0.25) is 0 Å². The molecule has 1 aromatic heterocycles. The molecule has 0 spiro atoms. The Morgan fingerprint density at radius 1 is 1.03 bits per heavy atom. The number of anilines is 1. The van der Waals surface area contributed by atoms with Gasteiger partial charge in [0.15, 0.2) is 5.60 Å². The molecule has 0 saturated carbocycles. The first-order chi connectivity index (χ1) is 18.1. The van der Waals surface area contributed by atoms with E-state index in [1.165, 1.54) is 6.20 Å². The Morgan fingerprint density at radius 2 is 1.67 bits per heavy atom. The van der Waals surface area contributed by atoms with Crippen molar-refractivity contribution in [1.29, 1.82) is 0 Å². The molecule has 0 saturated heterocycles. The second-order valence-electron chi connectivity index (χ2n) is 9.02. The first-order valence-electron chi connectivity index (χ1n) is 11.4. The van der Waals surface area contributed by atoms with Gasteiger partial charge in [0.1, 0.15) is 11.6 Å². The van der Waals surface area contributed by atoms with Crippen LogP contribution in [-0.4, -0.2) is 35.8 Å². The van der Waals surface area contributed by atoms with Gasteiger partial charge in [-0.15, -0.1) is 0 Å². The highest BCUT2D eigenvalue weighted by Gasteiger charge is 2.52. The number of pyridine rings is 1. The first kappa shape index (κ1) is 28.0. The van der Waals surface area contributed by atoms with Gasteiger partial charge < -0.3 is 10.2 Å². The maximum Gasteiger partial charge on any atom is 0.421 e. The molecule has 0 fully saturated rings. The Hall–Kier alpha value is -4.03. The van der Waals surface area contributed by atoms with E-state index in [4.69, 9.17) is 5.11 Å². The predicted molar refractivity (Wildman–Crippen MR) is 135 cm³/mol. The fraction of sp³-hybridized carbons (Fsp3) is 0.185. The third-order valence-corrected chi connectivity index (χ3v) is 8.14. The molecule has 4 rings (SSSR count). The van der Waals surface area contributed by atoms with E-state index in [0.29, 0.717) is 17.9 Å². The van der Waals surface area contributed by atoms with Crippen molar-refractivity contribution in [3.05, 3.63) is 101 Å². The number of alkyl halides is 3. The molecule has 7 nitrogen and oxygen atoms in total. The molecule has 1 unspecified atom stereocenters. The molecule has 0 radical (unpaired) electrons. The zero-order chi connectivity index (χ0) is 28.8. The topological polar surface area (TPSA) is 108 Å². The number of nitrogens with zero attached hydrogens (tertiary/aromatic N) is 2. The van der Waals surface area contributed by atoms with E-state index in [-0.39, 0.29) is 21.8 Å². The summed E-state index contributed by atoms with van der Waals surface area (Å²) in [5.74, 6) is -2.64. The lowest BCUT2D eigenvalue weighted by molar-refractivity contribution is -0.259. The Balaban J connectivity index is 1.85. The van der Waals surface area contributed by atoms with E-state index < -0.39 is 45.7 Å². The van der Waals surface area contributed by atoms with Gasteiger partial charge >= 0.3 is 12.1 Å². The molecule has 12 heteroatoms. The van der Waals surface area contributed by atoms with Crippen LogP contribution in [0.5, 0.6) is 0 Å². The van der Waals surface area contributed by atoms with Crippen LogP contribution < -0.4 is 4.31 Å². The number of aromatic nitrogens is 1. The average Bonchev–Trinajstić information content (AvgIpc) is 2.87. The Labute approximate surface area is 221 Å². The quantitative estimate of drug-likeness (QED) is 0.286. The van der Waals surface area contributed by atoms with Crippen molar-refractivity contribution < 1.29 is 41.0 Å². The Bertz CT molecular complexity index is 1670. The highest BCUT2D eigenvalue weighted by molar-refractivity contribution is 7.92. The lowest BCUT2D eigenvalue weighted by atomic mass is 9.94. The summed E-state index contributed by atoms with van der Waals surface area (Å²) in [6, 6.07) is 14.1. The van der Waals surface area contributed by atoms with Crippen molar-refractivity contribution in [2.75, 3.05) is 4.31 Å². The van der Waals surface area contributed by atoms with Gasteiger partial charge in [0, 0.05) is 22.7 Å². The van der Waals surface area contributed by atoms with Gasteiger partial charge in [0.2, 0.25) is 0 Å². The molecule has 0 aliphatic rings. The summed E-state index contributed by atoms with van der Waals surface area (Å²) >= 11 is 0. The molecule has 1 heterocycles. The van der Waals surface area contributed by atoms with Crippen LogP contribution in [0.25, 0.3) is 10.8 Å². The zero-order valence-electron chi connectivity index (χ0n) is 20.6. The molecule has 2 N–H and O–H groups in total. The second kappa shape index (κ2) is 9.93. The zero-order valence-corrected chi connectivity index (χ0v) is 21.4. The van der Waals surface area contributed by atoms with E-state index in [1.807, 2.05) is 0 Å². The van der Waals surface area contributed by atoms with Gasteiger partial charge in [-0.25, -0.2) is 26.9 Å². The number of sulfonamides is 1. The minimum atomic E-state index is -5.15. The van der Waals surface area contributed by atoms with E-state index in [9.17, 15) is 35.9 Å². The van der Waals surface area contributed by atoms with Crippen molar-refractivity contribution in [3.63, 3.8) is 0 Å². The minimum absolute atomic E-state index is 0.0113. The molecule has 3 aromatic carbocycles. The fourth-order valence-electron chi connectivity index (χ4n) is 4.09. The lowest BCUT2D eigenvalue weighted by Gasteiger charge is -2.28. The van der Waals surface area contributed by atoms with Crippen molar-refractivity contribution in [2.24, 2.45) is 0 Å². The van der Waals surface area contributed by atoms with E-state index >= 15 is 0 Å². The van der Waals surface area contributed by atoms with Crippen LogP contribution in [-0.2, 0) is 22.2 Å². The van der Waals surface area contributed by atoms with Crippen LogP contribution >= 0.6 is 0 Å². The van der Waals surface area contributed by atoms with Crippen molar-refractivity contribution in [2.45, 2.75) is 37.1 Å². The van der Waals surface area contributed by atoms with Gasteiger partial charge in [0.25, 0.3) is 10.0 Å². The minimum Gasteiger partial charge on any atom is -0.478 e. The third kappa shape index (κ3) is 5.17. The number of fused-ring (bicyclic) bond motifs is 1. The summed E-state index contributed by atoms with van der Waals surface area (Å²) in [5, 5.41) is 20.5. The number of aliphatic hydroxyl groups is 1. The van der Waals surface area contributed by atoms with Gasteiger partial charge in [0.05, 0.1) is 17.0 Å². The number of halogens is 4. The molecule has 4 aromatic rings. The molecule has 0 bridgehead atoms. The second-order valence-corrected chi connectivity index (χ2v) is 10.9. The van der Waals surface area contributed by atoms with E-state index in [1.54, 1.807) is 31.2 Å². The monoisotopic (exact) mass is 562 g/mol. The van der Waals surface area contributed by atoms with Crippen LogP contribution in [0.4, 0.5) is 23.4 Å². The predicted octanol–water partition coefficient (Wildman–Crippen LogP) is 5.55. The molecule has 1 atom stereocenters. The van der Waals surface area contributed by atoms with Crippen LogP contribution in [0.1, 0.15) is 34.0 Å². The largest absolute Gasteiger partial charge is 0.478 e. The maximum absolute atomic E-state index is 14.9. The summed E-state index contributed by atoms with van der Waals surface area (Å²) in [6.07, 6.45) is -3.70. The summed E-state index contributed by atoms with van der Waals surface area (Å²) in [4.78, 5) is 15.3. The smallest absolute Gasteiger partial charge is 0.421 e.